The van der Waals surface area contributed by atoms with Gasteiger partial charge in [-0.2, -0.15) is 4.80 Å². The molecule has 1 aliphatic rings. The van der Waals surface area contributed by atoms with Crippen molar-refractivity contribution >= 4 is 11.6 Å². The summed E-state index contributed by atoms with van der Waals surface area (Å²) in [6.07, 6.45) is -3.73. The van der Waals surface area contributed by atoms with Crippen molar-refractivity contribution in [2.45, 2.75) is 12.8 Å². The summed E-state index contributed by atoms with van der Waals surface area (Å²) in [5, 5.41) is 14.0. The Morgan fingerprint density at radius 1 is 1.15 bits per heavy atom. The van der Waals surface area contributed by atoms with E-state index < -0.39 is 18.0 Å². The van der Waals surface area contributed by atoms with Gasteiger partial charge >= 0.3 is 6.29 Å². The number of hydrogen-bond donors (Lipinski definition) is 1. The van der Waals surface area contributed by atoms with Crippen LogP contribution in [0.15, 0.2) is 42.5 Å². The molecule has 0 bridgehead atoms. The maximum Gasteiger partial charge on any atom is 0.586 e. The Balaban J connectivity index is 1.42. The molecule has 27 heavy (non-hydrogen) atoms. The van der Waals surface area contributed by atoms with Crippen molar-refractivity contribution in [3.05, 3.63) is 48.3 Å². The van der Waals surface area contributed by atoms with Gasteiger partial charge in [0, 0.05) is 17.3 Å². The van der Waals surface area contributed by atoms with Crippen LogP contribution >= 0.6 is 0 Å². The molecule has 4 rings (SSSR count). The Hall–Kier alpha value is -3.63. The van der Waals surface area contributed by atoms with Crippen LogP contribution < -0.4 is 14.8 Å². The minimum atomic E-state index is -3.73. The number of hydrogen-bond acceptors (Lipinski definition) is 6. The number of anilines is 1. The van der Waals surface area contributed by atoms with Crippen molar-refractivity contribution in [1.29, 1.82) is 0 Å². The lowest BCUT2D eigenvalue weighted by Crippen LogP contribution is -2.25. The number of carbonyl (C=O) groups is 1. The lowest BCUT2D eigenvalue weighted by Gasteiger charge is -2.05. The van der Waals surface area contributed by atoms with E-state index >= 15 is 0 Å². The third kappa shape index (κ3) is 3.66. The largest absolute Gasteiger partial charge is 0.586 e. The van der Waals surface area contributed by atoms with Crippen molar-refractivity contribution < 1.29 is 27.4 Å². The molecule has 1 N–H and O–H groups in total. The van der Waals surface area contributed by atoms with Gasteiger partial charge in [-0.15, -0.1) is 19.0 Å². The predicted octanol–water partition coefficient (Wildman–Crippen LogP) is 2.44. The summed E-state index contributed by atoms with van der Waals surface area (Å²) in [5.74, 6) is -1.13. The number of ether oxygens (including phenoxy) is 2. The van der Waals surface area contributed by atoms with E-state index in [2.05, 4.69) is 30.2 Å². The topological polar surface area (TPSA) is 91.2 Å². The van der Waals surface area contributed by atoms with Gasteiger partial charge in [-0.25, -0.2) is 4.39 Å². The predicted molar refractivity (Wildman–Crippen MR) is 84.5 cm³/mol. The van der Waals surface area contributed by atoms with Crippen LogP contribution in [0.25, 0.3) is 11.4 Å². The Morgan fingerprint density at radius 3 is 2.78 bits per heavy atom. The van der Waals surface area contributed by atoms with Crippen molar-refractivity contribution in [3.63, 3.8) is 0 Å². The Bertz CT molecular complexity index is 1020. The number of benzene rings is 2. The second-order valence-corrected chi connectivity index (χ2v) is 5.53. The van der Waals surface area contributed by atoms with Crippen LogP contribution in [0.3, 0.4) is 0 Å². The van der Waals surface area contributed by atoms with Gasteiger partial charge in [0.1, 0.15) is 12.4 Å². The van der Waals surface area contributed by atoms with Crippen molar-refractivity contribution in [3.8, 4) is 22.9 Å². The number of amides is 1. The van der Waals surface area contributed by atoms with Crippen LogP contribution in [0.4, 0.5) is 18.9 Å². The molecule has 0 saturated heterocycles. The number of halogens is 3. The van der Waals surface area contributed by atoms with E-state index in [4.69, 9.17) is 0 Å². The SMILES string of the molecule is O=C(Cn1nnc(-c2cccc(F)c2)n1)Nc1ccc2c(c1)OC(F)(F)O2. The Kier molecular flexibility index (Phi) is 3.90. The average Bonchev–Trinajstić information content (AvgIpc) is 3.17. The van der Waals surface area contributed by atoms with E-state index in [0.29, 0.717) is 5.56 Å². The van der Waals surface area contributed by atoms with Crippen LogP contribution in [-0.2, 0) is 11.3 Å². The van der Waals surface area contributed by atoms with Crippen LogP contribution in [0.2, 0.25) is 0 Å². The van der Waals surface area contributed by atoms with Gasteiger partial charge < -0.3 is 14.8 Å². The highest BCUT2D eigenvalue weighted by Crippen LogP contribution is 2.42. The summed E-state index contributed by atoms with van der Waals surface area (Å²) in [6.45, 7) is -0.285. The van der Waals surface area contributed by atoms with Gasteiger partial charge in [-0.05, 0) is 29.5 Å². The van der Waals surface area contributed by atoms with E-state index in [1.54, 1.807) is 6.07 Å². The van der Waals surface area contributed by atoms with Gasteiger partial charge in [-0.3, -0.25) is 4.79 Å². The zero-order valence-electron chi connectivity index (χ0n) is 13.4. The number of alkyl halides is 2. The zero-order chi connectivity index (χ0) is 19.0. The third-order valence-electron chi connectivity index (χ3n) is 3.51. The highest BCUT2D eigenvalue weighted by molar-refractivity contribution is 5.90. The lowest BCUT2D eigenvalue weighted by molar-refractivity contribution is -0.286. The first kappa shape index (κ1) is 16.8. The summed E-state index contributed by atoms with van der Waals surface area (Å²) in [4.78, 5) is 13.1. The van der Waals surface area contributed by atoms with Crippen molar-refractivity contribution in [2.75, 3.05) is 5.32 Å². The molecular formula is C16H10F3N5O3. The Morgan fingerprint density at radius 2 is 1.96 bits per heavy atom. The number of tetrazole rings is 1. The lowest BCUT2D eigenvalue weighted by atomic mass is 10.2. The average molecular weight is 377 g/mol. The smallest absolute Gasteiger partial charge is 0.395 e. The molecule has 8 nitrogen and oxygen atoms in total. The quantitative estimate of drug-likeness (QED) is 0.751. The highest BCUT2D eigenvalue weighted by atomic mass is 19.3. The first-order valence-corrected chi connectivity index (χ1v) is 7.61. The fourth-order valence-corrected chi connectivity index (χ4v) is 2.41. The fourth-order valence-electron chi connectivity index (χ4n) is 2.41. The van der Waals surface area contributed by atoms with E-state index in [1.165, 1.54) is 36.4 Å². The van der Waals surface area contributed by atoms with Gasteiger partial charge in [0.05, 0.1) is 0 Å². The number of nitrogens with one attached hydrogen (secondary N) is 1. The number of carbonyl (C=O) groups excluding carboxylic acids is 1. The maximum absolute atomic E-state index is 13.2. The number of nitrogens with zero attached hydrogens (tertiary/aromatic N) is 4. The first-order valence-electron chi connectivity index (χ1n) is 7.61. The second kappa shape index (κ2) is 6.27. The van der Waals surface area contributed by atoms with E-state index in [-0.39, 0.29) is 29.6 Å². The second-order valence-electron chi connectivity index (χ2n) is 5.53. The van der Waals surface area contributed by atoms with Crippen molar-refractivity contribution in [1.82, 2.24) is 20.2 Å². The molecule has 0 saturated carbocycles. The third-order valence-corrected chi connectivity index (χ3v) is 3.51. The van der Waals surface area contributed by atoms with Gasteiger partial charge in [0.25, 0.3) is 0 Å². The highest BCUT2D eigenvalue weighted by Gasteiger charge is 2.43. The molecule has 2 aromatic carbocycles. The first-order chi connectivity index (χ1) is 12.9. The molecular weight excluding hydrogens is 367 g/mol. The van der Waals surface area contributed by atoms with Crippen LogP contribution in [0, 0.1) is 5.82 Å². The molecule has 11 heteroatoms. The minimum absolute atomic E-state index is 0.129. The summed E-state index contributed by atoms with van der Waals surface area (Å²) in [6, 6.07) is 9.47. The molecule has 2 heterocycles. The molecule has 0 aliphatic carbocycles. The summed E-state index contributed by atoms with van der Waals surface area (Å²) in [7, 11) is 0. The number of fused-ring (bicyclic) bond motifs is 1. The van der Waals surface area contributed by atoms with E-state index in [1.807, 2.05) is 0 Å². The van der Waals surface area contributed by atoms with Crippen LogP contribution in [-0.4, -0.2) is 32.4 Å². The summed E-state index contributed by atoms with van der Waals surface area (Å²) < 4.78 is 47.8. The molecule has 1 amide bonds. The van der Waals surface area contributed by atoms with E-state index in [9.17, 15) is 18.0 Å². The maximum atomic E-state index is 13.2. The molecule has 0 fully saturated rings. The fraction of sp³-hybridized carbons (Fsp3) is 0.125. The number of aromatic nitrogens is 4. The molecule has 138 valence electrons. The summed E-state index contributed by atoms with van der Waals surface area (Å²) >= 11 is 0. The molecule has 0 radical (unpaired) electrons. The van der Waals surface area contributed by atoms with Gasteiger partial charge in [0.2, 0.25) is 11.7 Å². The molecule has 3 aromatic rings. The molecule has 1 aromatic heterocycles. The zero-order valence-corrected chi connectivity index (χ0v) is 13.4. The number of rotatable bonds is 4. The standard InChI is InChI=1S/C16H10F3N5O3/c17-10-3-1-2-9(6-10)15-21-23-24(22-15)8-14(25)20-11-4-5-12-13(7-11)27-16(18,19)26-12/h1-7H,8H2,(H,20,25). The summed E-state index contributed by atoms with van der Waals surface area (Å²) in [5.41, 5.74) is 0.642. The van der Waals surface area contributed by atoms with E-state index in [0.717, 1.165) is 4.80 Å². The molecule has 0 spiro atoms. The van der Waals surface area contributed by atoms with Gasteiger partial charge in [0.15, 0.2) is 11.5 Å². The van der Waals surface area contributed by atoms with Crippen molar-refractivity contribution in [2.24, 2.45) is 0 Å². The normalized spacial score (nSPS) is 14.2. The minimum Gasteiger partial charge on any atom is -0.395 e. The molecule has 0 atom stereocenters. The van der Waals surface area contributed by atoms with Crippen LogP contribution in [0.1, 0.15) is 0 Å². The van der Waals surface area contributed by atoms with Crippen LogP contribution in [0.5, 0.6) is 11.5 Å². The van der Waals surface area contributed by atoms with Gasteiger partial charge in [-0.1, -0.05) is 12.1 Å². The monoisotopic (exact) mass is 377 g/mol. The molecule has 0 unspecified atom stereocenters. The Labute approximate surface area is 149 Å². The molecule has 1 aliphatic heterocycles.